The average molecular weight is 651 g/mol. The van der Waals surface area contributed by atoms with Gasteiger partial charge in [0.05, 0.1) is 22.1 Å². The monoisotopic (exact) mass is 650 g/mol. The minimum absolute atomic E-state index is 0.896. The van der Waals surface area contributed by atoms with E-state index in [2.05, 4.69) is 179 Å². The summed E-state index contributed by atoms with van der Waals surface area (Å²) in [7, 11) is 0. The lowest BCUT2D eigenvalue weighted by Gasteiger charge is -2.11. The summed E-state index contributed by atoms with van der Waals surface area (Å²) < 4.78 is 11.1. The fourth-order valence-corrected chi connectivity index (χ4v) is 8.22. The van der Waals surface area contributed by atoms with Crippen LogP contribution in [0.2, 0.25) is 0 Å². The van der Waals surface area contributed by atoms with Crippen molar-refractivity contribution in [2.75, 3.05) is 0 Å². The summed E-state index contributed by atoms with van der Waals surface area (Å²) in [6.07, 6.45) is 0. The van der Waals surface area contributed by atoms with Gasteiger partial charge in [0.25, 0.3) is 0 Å². The van der Waals surface area contributed by atoms with Gasteiger partial charge in [0.15, 0.2) is 0 Å². The Balaban J connectivity index is 1.09. The van der Waals surface area contributed by atoms with Crippen molar-refractivity contribution < 1.29 is 4.42 Å². The summed E-state index contributed by atoms with van der Waals surface area (Å²) in [6.45, 7) is 0. The van der Waals surface area contributed by atoms with Gasteiger partial charge in [-0.3, -0.25) is 0 Å². The van der Waals surface area contributed by atoms with Crippen LogP contribution in [0.15, 0.2) is 186 Å². The maximum atomic E-state index is 6.34. The molecule has 0 unspecified atom stereocenters. The second-order valence-corrected chi connectivity index (χ2v) is 13.3. The van der Waals surface area contributed by atoms with Crippen molar-refractivity contribution in [3.05, 3.63) is 182 Å². The number of fused-ring (bicyclic) bond motifs is 10. The summed E-state index contributed by atoms with van der Waals surface area (Å²) in [5, 5.41) is 7.29. The van der Waals surface area contributed by atoms with E-state index in [1.165, 1.54) is 65.9 Å². The van der Waals surface area contributed by atoms with E-state index in [1.807, 2.05) is 12.1 Å². The first kappa shape index (κ1) is 28.0. The Morgan fingerprint density at radius 1 is 0.294 bits per heavy atom. The molecule has 11 rings (SSSR count). The van der Waals surface area contributed by atoms with Gasteiger partial charge in [0.2, 0.25) is 0 Å². The van der Waals surface area contributed by atoms with Gasteiger partial charge in [0.1, 0.15) is 11.2 Å². The number of benzene rings is 8. The second-order valence-electron chi connectivity index (χ2n) is 13.3. The number of hydrogen-bond acceptors (Lipinski definition) is 1. The van der Waals surface area contributed by atoms with Crippen molar-refractivity contribution >= 4 is 65.6 Å². The summed E-state index contributed by atoms with van der Waals surface area (Å²) in [4.78, 5) is 0. The highest BCUT2D eigenvalue weighted by Gasteiger charge is 2.21. The molecule has 51 heavy (non-hydrogen) atoms. The van der Waals surface area contributed by atoms with E-state index in [0.29, 0.717) is 0 Å². The molecule has 0 saturated heterocycles. The van der Waals surface area contributed by atoms with Crippen LogP contribution in [-0.2, 0) is 0 Å². The van der Waals surface area contributed by atoms with E-state index >= 15 is 0 Å². The molecule has 3 nitrogen and oxygen atoms in total. The Kier molecular flexibility index (Phi) is 5.96. The Hall–Kier alpha value is -6.84. The minimum Gasteiger partial charge on any atom is -0.456 e. The molecular weight excluding hydrogens is 621 g/mol. The first-order valence-electron chi connectivity index (χ1n) is 17.4. The number of hydrogen-bond donors (Lipinski definition) is 0. The van der Waals surface area contributed by atoms with Crippen LogP contribution in [0.4, 0.5) is 0 Å². The van der Waals surface area contributed by atoms with Crippen LogP contribution in [0.3, 0.4) is 0 Å². The van der Waals surface area contributed by atoms with Gasteiger partial charge in [-0.15, -0.1) is 0 Å². The maximum absolute atomic E-state index is 6.34. The fourth-order valence-electron chi connectivity index (χ4n) is 8.22. The van der Waals surface area contributed by atoms with Crippen molar-refractivity contribution in [3.8, 4) is 33.6 Å². The summed E-state index contributed by atoms with van der Waals surface area (Å²) in [5.41, 5.74) is 13.6. The third kappa shape index (κ3) is 4.19. The van der Waals surface area contributed by atoms with Gasteiger partial charge >= 0.3 is 0 Å². The van der Waals surface area contributed by atoms with Gasteiger partial charge in [0, 0.05) is 49.8 Å². The lowest BCUT2D eigenvalue weighted by Crippen LogP contribution is -1.95. The predicted molar refractivity (Wildman–Crippen MR) is 213 cm³/mol. The van der Waals surface area contributed by atoms with Crippen LogP contribution in [0.1, 0.15) is 0 Å². The van der Waals surface area contributed by atoms with E-state index < -0.39 is 0 Å². The van der Waals surface area contributed by atoms with Crippen LogP contribution < -0.4 is 0 Å². The topological polar surface area (TPSA) is 23.0 Å². The quantitative estimate of drug-likeness (QED) is 0.186. The van der Waals surface area contributed by atoms with E-state index in [0.717, 1.165) is 33.3 Å². The third-order valence-corrected chi connectivity index (χ3v) is 10.5. The Labute approximate surface area is 293 Å². The number of para-hydroxylation sites is 3. The maximum Gasteiger partial charge on any atom is 0.137 e. The Bertz CT molecular complexity index is 3100. The van der Waals surface area contributed by atoms with Gasteiger partial charge in [-0.1, -0.05) is 121 Å². The summed E-state index contributed by atoms with van der Waals surface area (Å²) in [5.74, 6) is 0. The lowest BCUT2D eigenvalue weighted by atomic mass is 10.0. The highest BCUT2D eigenvalue weighted by molar-refractivity contribution is 6.29. The van der Waals surface area contributed by atoms with Crippen LogP contribution in [0.25, 0.3) is 99.2 Å². The molecule has 0 N–H and O–H groups in total. The van der Waals surface area contributed by atoms with E-state index in [4.69, 9.17) is 4.42 Å². The second kappa shape index (κ2) is 10.8. The molecule has 0 atom stereocenters. The first-order valence-corrected chi connectivity index (χ1v) is 17.4. The lowest BCUT2D eigenvalue weighted by molar-refractivity contribution is 0.668. The molecule has 3 aromatic heterocycles. The molecule has 0 saturated carbocycles. The van der Waals surface area contributed by atoms with Gasteiger partial charge in [-0.25, -0.2) is 0 Å². The minimum atomic E-state index is 0.896. The van der Waals surface area contributed by atoms with Gasteiger partial charge < -0.3 is 13.6 Å². The molecule has 238 valence electrons. The number of furan rings is 1. The van der Waals surface area contributed by atoms with Crippen molar-refractivity contribution in [2.24, 2.45) is 0 Å². The van der Waals surface area contributed by atoms with E-state index in [9.17, 15) is 0 Å². The number of rotatable bonds is 4. The van der Waals surface area contributed by atoms with E-state index in [1.54, 1.807) is 0 Å². The molecule has 0 fully saturated rings. The largest absolute Gasteiger partial charge is 0.456 e. The average Bonchev–Trinajstić information content (AvgIpc) is 3.85. The van der Waals surface area contributed by atoms with Gasteiger partial charge in [-0.05, 0) is 76.9 Å². The molecule has 0 radical (unpaired) electrons. The SMILES string of the molecule is c1ccc(-c2ccc(-c3ccc(-n4c5ccccc5c5c6c7ccccc7n(-c7ccc8c(c7)oc7ccccc78)c6ccc54)cc3)cc2)cc1. The molecule has 0 aliphatic heterocycles. The fraction of sp³-hybridized carbons (Fsp3) is 0. The molecule has 8 aromatic carbocycles. The highest BCUT2D eigenvalue weighted by atomic mass is 16.3. The van der Waals surface area contributed by atoms with Crippen LogP contribution >= 0.6 is 0 Å². The zero-order chi connectivity index (χ0) is 33.5. The van der Waals surface area contributed by atoms with Crippen molar-refractivity contribution in [1.29, 1.82) is 0 Å². The first-order chi connectivity index (χ1) is 25.3. The molecule has 0 aliphatic carbocycles. The molecule has 0 aliphatic rings. The zero-order valence-corrected chi connectivity index (χ0v) is 27.6. The predicted octanol–water partition coefficient (Wildman–Crippen LogP) is 13.1. The summed E-state index contributed by atoms with van der Waals surface area (Å²) >= 11 is 0. The van der Waals surface area contributed by atoms with Crippen LogP contribution in [0, 0.1) is 0 Å². The van der Waals surface area contributed by atoms with Crippen LogP contribution in [0.5, 0.6) is 0 Å². The standard InChI is InChI=1S/C48H30N2O/c1-2-10-31(11-3-1)32-18-20-33(21-19-32)34-22-24-35(25-23-34)49-41-15-7-4-13-39(41)47-43(49)28-29-44-48(47)40-14-5-8-16-42(40)50(44)36-26-27-38-37-12-6-9-17-45(37)51-46(38)30-36/h1-30H. The normalized spacial score (nSPS) is 11.9. The van der Waals surface area contributed by atoms with E-state index in [-0.39, 0.29) is 0 Å². The van der Waals surface area contributed by atoms with Crippen molar-refractivity contribution in [1.82, 2.24) is 9.13 Å². The smallest absolute Gasteiger partial charge is 0.137 e. The zero-order valence-electron chi connectivity index (χ0n) is 27.6. The third-order valence-electron chi connectivity index (χ3n) is 10.5. The van der Waals surface area contributed by atoms with Crippen molar-refractivity contribution in [2.45, 2.75) is 0 Å². The molecule has 11 aromatic rings. The summed E-state index contributed by atoms with van der Waals surface area (Å²) in [6, 6.07) is 65.4. The molecule has 3 heteroatoms. The number of aromatic nitrogens is 2. The molecular formula is C48H30N2O. The van der Waals surface area contributed by atoms with Crippen molar-refractivity contribution in [3.63, 3.8) is 0 Å². The molecule has 0 bridgehead atoms. The van der Waals surface area contributed by atoms with Crippen LogP contribution in [-0.4, -0.2) is 9.13 Å². The number of nitrogens with zero attached hydrogens (tertiary/aromatic N) is 2. The Morgan fingerprint density at radius 2 is 0.745 bits per heavy atom. The highest BCUT2D eigenvalue weighted by Crippen LogP contribution is 2.43. The Morgan fingerprint density at radius 3 is 1.37 bits per heavy atom. The van der Waals surface area contributed by atoms with Gasteiger partial charge in [-0.2, -0.15) is 0 Å². The molecule has 0 spiro atoms. The molecule has 3 heterocycles. The molecule has 0 amide bonds.